The van der Waals surface area contributed by atoms with Crippen molar-refractivity contribution in [1.82, 2.24) is 0 Å². The van der Waals surface area contributed by atoms with Crippen molar-refractivity contribution in [1.29, 1.82) is 0 Å². The number of hydrogen-bond donors (Lipinski definition) is 2. The lowest BCUT2D eigenvalue weighted by Gasteiger charge is -2.37. The van der Waals surface area contributed by atoms with Gasteiger partial charge in [-0.2, -0.15) is 0 Å². The van der Waals surface area contributed by atoms with Crippen molar-refractivity contribution in [2.45, 2.75) is 31.1 Å². The van der Waals surface area contributed by atoms with Crippen molar-refractivity contribution >= 4 is 0 Å². The van der Waals surface area contributed by atoms with E-state index in [1.54, 1.807) is 12.1 Å². The predicted molar refractivity (Wildman–Crippen MR) is 64.5 cm³/mol. The minimum absolute atomic E-state index is 0.143. The standard InChI is InChI=1S/C14H18O2/c1-11-5-7-14(10-15,8-6-11)12-3-2-4-13(16)9-12/h2-4,9,15-16H,1,5-8,10H2. The van der Waals surface area contributed by atoms with Crippen molar-refractivity contribution in [2.24, 2.45) is 0 Å². The number of phenolic OH excluding ortho intramolecular Hbond substituents is 1. The molecule has 1 aliphatic rings. The number of hydrogen-bond acceptors (Lipinski definition) is 2. The molecule has 0 radical (unpaired) electrons. The van der Waals surface area contributed by atoms with Gasteiger partial charge in [0.2, 0.25) is 0 Å². The van der Waals surface area contributed by atoms with Crippen LogP contribution in [-0.4, -0.2) is 16.8 Å². The lowest BCUT2D eigenvalue weighted by molar-refractivity contribution is 0.164. The lowest BCUT2D eigenvalue weighted by atomic mass is 9.69. The first-order chi connectivity index (χ1) is 7.66. The second-order valence-electron chi connectivity index (χ2n) is 4.74. The maximum atomic E-state index is 9.66. The maximum absolute atomic E-state index is 9.66. The first-order valence-corrected chi connectivity index (χ1v) is 5.73. The number of rotatable bonds is 2. The summed E-state index contributed by atoms with van der Waals surface area (Å²) in [6, 6.07) is 7.26. The van der Waals surface area contributed by atoms with Gasteiger partial charge < -0.3 is 10.2 Å². The molecule has 0 unspecified atom stereocenters. The van der Waals surface area contributed by atoms with E-state index < -0.39 is 0 Å². The van der Waals surface area contributed by atoms with Gasteiger partial charge in [0.15, 0.2) is 0 Å². The molecular formula is C14H18O2. The van der Waals surface area contributed by atoms with Crippen LogP contribution >= 0.6 is 0 Å². The molecular weight excluding hydrogens is 200 g/mol. The van der Waals surface area contributed by atoms with Crippen molar-refractivity contribution < 1.29 is 10.2 Å². The second kappa shape index (κ2) is 4.30. The molecule has 1 aliphatic carbocycles. The fraction of sp³-hybridized carbons (Fsp3) is 0.429. The highest BCUT2D eigenvalue weighted by atomic mass is 16.3. The molecule has 0 saturated heterocycles. The molecule has 86 valence electrons. The third-order valence-corrected chi connectivity index (χ3v) is 3.68. The number of benzene rings is 1. The molecule has 2 N–H and O–H groups in total. The van der Waals surface area contributed by atoms with Crippen LogP contribution in [0.3, 0.4) is 0 Å². The Bertz CT molecular complexity index is 385. The third-order valence-electron chi connectivity index (χ3n) is 3.68. The summed E-state index contributed by atoms with van der Waals surface area (Å²) < 4.78 is 0. The van der Waals surface area contributed by atoms with Crippen LogP contribution in [0.2, 0.25) is 0 Å². The molecule has 0 spiro atoms. The molecule has 2 heteroatoms. The van der Waals surface area contributed by atoms with E-state index in [1.807, 2.05) is 12.1 Å². The molecule has 0 atom stereocenters. The number of aromatic hydroxyl groups is 1. The number of phenols is 1. The van der Waals surface area contributed by atoms with Crippen molar-refractivity contribution in [3.8, 4) is 5.75 Å². The van der Waals surface area contributed by atoms with Crippen LogP contribution in [0.1, 0.15) is 31.2 Å². The first kappa shape index (κ1) is 11.2. The van der Waals surface area contributed by atoms with E-state index in [0.717, 1.165) is 31.2 Å². The van der Waals surface area contributed by atoms with Gasteiger partial charge in [-0.05, 0) is 43.4 Å². The van der Waals surface area contributed by atoms with Crippen LogP contribution in [0.15, 0.2) is 36.4 Å². The normalized spacial score (nSPS) is 19.7. The van der Waals surface area contributed by atoms with Crippen LogP contribution in [0.5, 0.6) is 5.75 Å². The summed E-state index contributed by atoms with van der Waals surface area (Å²) in [7, 11) is 0. The molecule has 0 amide bonds. The van der Waals surface area contributed by atoms with E-state index in [-0.39, 0.29) is 17.8 Å². The van der Waals surface area contributed by atoms with Crippen LogP contribution in [0, 0.1) is 0 Å². The quantitative estimate of drug-likeness (QED) is 0.749. The molecule has 1 aromatic carbocycles. The highest BCUT2D eigenvalue weighted by molar-refractivity contribution is 5.34. The zero-order chi connectivity index (χ0) is 11.6. The van der Waals surface area contributed by atoms with Gasteiger partial charge in [0.05, 0.1) is 6.61 Å². The maximum Gasteiger partial charge on any atom is 0.115 e. The van der Waals surface area contributed by atoms with Crippen molar-refractivity contribution in [3.63, 3.8) is 0 Å². The molecule has 1 fully saturated rings. The van der Waals surface area contributed by atoms with Crippen molar-refractivity contribution in [2.75, 3.05) is 6.61 Å². The molecule has 2 rings (SSSR count). The fourth-order valence-electron chi connectivity index (χ4n) is 2.46. The van der Waals surface area contributed by atoms with E-state index in [1.165, 1.54) is 5.57 Å². The summed E-state index contributed by atoms with van der Waals surface area (Å²) in [6.45, 7) is 4.14. The Morgan fingerprint density at radius 2 is 1.94 bits per heavy atom. The average molecular weight is 218 g/mol. The summed E-state index contributed by atoms with van der Waals surface area (Å²) in [6.07, 6.45) is 3.78. The van der Waals surface area contributed by atoms with Crippen LogP contribution < -0.4 is 0 Å². The summed E-state index contributed by atoms with van der Waals surface area (Å²) >= 11 is 0. The fourth-order valence-corrected chi connectivity index (χ4v) is 2.46. The van der Waals surface area contributed by atoms with Crippen LogP contribution in [0.4, 0.5) is 0 Å². The Morgan fingerprint density at radius 1 is 1.25 bits per heavy atom. The highest BCUT2D eigenvalue weighted by Gasteiger charge is 2.34. The van der Waals surface area contributed by atoms with Crippen LogP contribution in [0.25, 0.3) is 0 Å². The third kappa shape index (κ3) is 1.98. The summed E-state index contributed by atoms with van der Waals surface area (Å²) in [5, 5.41) is 19.2. The lowest BCUT2D eigenvalue weighted by Crippen LogP contribution is -2.33. The monoisotopic (exact) mass is 218 g/mol. The first-order valence-electron chi connectivity index (χ1n) is 5.73. The van der Waals surface area contributed by atoms with E-state index in [2.05, 4.69) is 6.58 Å². The van der Waals surface area contributed by atoms with Gasteiger partial charge in [-0.25, -0.2) is 0 Å². The Labute approximate surface area is 96.2 Å². The molecule has 0 aliphatic heterocycles. The summed E-state index contributed by atoms with van der Waals surface area (Å²) in [5.74, 6) is 0.273. The Kier molecular flexibility index (Phi) is 3.01. The second-order valence-corrected chi connectivity index (χ2v) is 4.74. The Balaban J connectivity index is 2.31. The van der Waals surface area contributed by atoms with Gasteiger partial charge in [0.25, 0.3) is 0 Å². The minimum Gasteiger partial charge on any atom is -0.508 e. The molecule has 0 bridgehead atoms. The smallest absolute Gasteiger partial charge is 0.115 e. The van der Waals surface area contributed by atoms with Gasteiger partial charge in [-0.3, -0.25) is 0 Å². The number of allylic oxidation sites excluding steroid dienone is 1. The summed E-state index contributed by atoms with van der Waals surface area (Å²) in [4.78, 5) is 0. The van der Waals surface area contributed by atoms with Gasteiger partial charge in [-0.15, -0.1) is 0 Å². The number of aliphatic hydroxyl groups excluding tert-OH is 1. The predicted octanol–water partition coefficient (Wildman–Crippen LogP) is 2.75. The van der Waals surface area contributed by atoms with Crippen molar-refractivity contribution in [3.05, 3.63) is 42.0 Å². The Morgan fingerprint density at radius 3 is 2.50 bits per heavy atom. The zero-order valence-corrected chi connectivity index (χ0v) is 9.45. The molecule has 0 aromatic heterocycles. The number of aliphatic hydroxyl groups is 1. The van der Waals surface area contributed by atoms with E-state index >= 15 is 0 Å². The molecule has 1 saturated carbocycles. The molecule has 1 aromatic rings. The Hall–Kier alpha value is -1.28. The van der Waals surface area contributed by atoms with Gasteiger partial charge >= 0.3 is 0 Å². The van der Waals surface area contributed by atoms with Crippen LogP contribution in [-0.2, 0) is 5.41 Å². The van der Waals surface area contributed by atoms with Gasteiger partial charge in [0.1, 0.15) is 5.75 Å². The van der Waals surface area contributed by atoms with E-state index in [4.69, 9.17) is 0 Å². The van der Waals surface area contributed by atoms with E-state index in [0.29, 0.717) is 0 Å². The molecule has 16 heavy (non-hydrogen) atoms. The minimum atomic E-state index is -0.181. The highest BCUT2D eigenvalue weighted by Crippen LogP contribution is 2.41. The SMILES string of the molecule is C=C1CCC(CO)(c2cccc(O)c2)CC1. The zero-order valence-electron chi connectivity index (χ0n) is 9.45. The summed E-state index contributed by atoms with van der Waals surface area (Å²) in [5.41, 5.74) is 2.13. The van der Waals surface area contributed by atoms with E-state index in [9.17, 15) is 10.2 Å². The van der Waals surface area contributed by atoms with Gasteiger partial charge in [-0.1, -0.05) is 24.3 Å². The topological polar surface area (TPSA) is 40.5 Å². The molecule has 2 nitrogen and oxygen atoms in total. The largest absolute Gasteiger partial charge is 0.508 e. The molecule has 0 heterocycles. The average Bonchev–Trinajstić information content (AvgIpc) is 2.31. The van der Waals surface area contributed by atoms with Gasteiger partial charge in [0, 0.05) is 5.41 Å².